The maximum atomic E-state index is 13.5. The Hall–Kier alpha value is -1.87. The third-order valence-corrected chi connectivity index (χ3v) is 4.02. The lowest BCUT2D eigenvalue weighted by Crippen LogP contribution is -2.44. The molecule has 1 aliphatic heterocycles. The lowest BCUT2D eigenvalue weighted by atomic mass is 9.97. The number of carbonyl (C=O) groups excluding carboxylic acids is 1. The van der Waals surface area contributed by atoms with E-state index in [-0.39, 0.29) is 24.6 Å². The number of methoxy groups -OCH3 is 1. The van der Waals surface area contributed by atoms with Crippen LogP contribution in [0, 0.1) is 11.7 Å². The maximum Gasteiger partial charge on any atom is 0.401 e. The third-order valence-electron chi connectivity index (χ3n) is 4.02. The minimum atomic E-state index is -4.30. The Morgan fingerprint density at radius 3 is 2.81 bits per heavy atom. The largest absolute Gasteiger partial charge is 0.489 e. The van der Waals surface area contributed by atoms with Gasteiger partial charge in [0.15, 0.2) is 0 Å². The summed E-state index contributed by atoms with van der Waals surface area (Å²) < 4.78 is 61.5. The van der Waals surface area contributed by atoms with Crippen molar-refractivity contribution in [3.63, 3.8) is 0 Å². The Labute approximate surface area is 149 Å². The quantitative estimate of drug-likeness (QED) is 0.585. The SMILES string of the molecule is COCCOc1ccc(F)cc1NC(=O)[C@@H]1CCCN(CC(F)(F)F)C1. The standard InChI is InChI=1S/C17H22F4N2O3/c1-25-7-8-26-15-5-4-13(18)9-14(15)22-16(24)12-3-2-6-23(10-12)11-17(19,20)21/h4-5,9,12H,2-3,6-8,10-11H2,1H3,(H,22,24)/t12-/m1/s1. The first-order chi connectivity index (χ1) is 12.3. The monoisotopic (exact) mass is 378 g/mol. The summed E-state index contributed by atoms with van der Waals surface area (Å²) in [5.74, 6) is -1.32. The predicted octanol–water partition coefficient (Wildman–Crippen LogP) is 3.06. The maximum absolute atomic E-state index is 13.5. The normalized spacial score (nSPS) is 18.6. The van der Waals surface area contributed by atoms with E-state index in [0.717, 1.165) is 6.07 Å². The van der Waals surface area contributed by atoms with Gasteiger partial charge in [0.2, 0.25) is 5.91 Å². The van der Waals surface area contributed by atoms with Crippen LogP contribution in [-0.2, 0) is 9.53 Å². The first kappa shape index (κ1) is 20.4. The Kier molecular flexibility index (Phi) is 7.22. The van der Waals surface area contributed by atoms with Gasteiger partial charge in [0, 0.05) is 19.7 Å². The molecule has 26 heavy (non-hydrogen) atoms. The summed E-state index contributed by atoms with van der Waals surface area (Å²) in [5.41, 5.74) is 0.152. The highest BCUT2D eigenvalue weighted by molar-refractivity contribution is 5.94. The second-order valence-corrected chi connectivity index (χ2v) is 6.16. The molecular formula is C17H22F4N2O3. The predicted molar refractivity (Wildman–Crippen MR) is 87.6 cm³/mol. The number of amides is 1. The molecule has 0 spiro atoms. The fraction of sp³-hybridized carbons (Fsp3) is 0.588. The van der Waals surface area contributed by atoms with Crippen LogP contribution in [0.25, 0.3) is 0 Å². The van der Waals surface area contributed by atoms with Crippen molar-refractivity contribution >= 4 is 11.6 Å². The highest BCUT2D eigenvalue weighted by atomic mass is 19.4. The number of likely N-dealkylation sites (tertiary alicyclic amines) is 1. The molecule has 1 amide bonds. The number of anilines is 1. The summed E-state index contributed by atoms with van der Waals surface area (Å²) in [6.07, 6.45) is -3.33. The smallest absolute Gasteiger partial charge is 0.401 e. The first-order valence-corrected chi connectivity index (χ1v) is 8.30. The third kappa shape index (κ3) is 6.45. The number of hydrogen-bond acceptors (Lipinski definition) is 4. The summed E-state index contributed by atoms with van der Waals surface area (Å²) >= 11 is 0. The molecule has 0 radical (unpaired) electrons. The van der Waals surface area contributed by atoms with Crippen molar-refractivity contribution in [1.29, 1.82) is 0 Å². The zero-order valence-electron chi connectivity index (χ0n) is 14.4. The molecule has 0 aliphatic carbocycles. The highest BCUT2D eigenvalue weighted by Gasteiger charge is 2.34. The van der Waals surface area contributed by atoms with E-state index >= 15 is 0 Å². The molecule has 9 heteroatoms. The number of halogens is 4. The first-order valence-electron chi connectivity index (χ1n) is 8.30. The molecule has 2 rings (SSSR count). The highest BCUT2D eigenvalue weighted by Crippen LogP contribution is 2.28. The minimum absolute atomic E-state index is 0.0144. The Bertz CT molecular complexity index is 610. The van der Waals surface area contributed by atoms with Gasteiger partial charge in [-0.1, -0.05) is 0 Å². The van der Waals surface area contributed by atoms with E-state index in [9.17, 15) is 22.4 Å². The number of rotatable bonds is 7. The van der Waals surface area contributed by atoms with Crippen LogP contribution in [0.15, 0.2) is 18.2 Å². The van der Waals surface area contributed by atoms with Crippen LogP contribution in [-0.4, -0.2) is 56.9 Å². The lowest BCUT2D eigenvalue weighted by molar-refractivity contribution is -0.151. The zero-order valence-corrected chi connectivity index (χ0v) is 14.4. The van der Waals surface area contributed by atoms with Gasteiger partial charge in [-0.25, -0.2) is 4.39 Å². The van der Waals surface area contributed by atoms with Crippen molar-refractivity contribution in [1.82, 2.24) is 4.90 Å². The summed E-state index contributed by atoms with van der Waals surface area (Å²) in [5, 5.41) is 2.58. The van der Waals surface area contributed by atoms with E-state index in [1.807, 2.05) is 0 Å². The van der Waals surface area contributed by atoms with Crippen LogP contribution in [0.2, 0.25) is 0 Å². The van der Waals surface area contributed by atoms with E-state index in [2.05, 4.69) is 5.32 Å². The van der Waals surface area contributed by atoms with Crippen molar-refractivity contribution < 1.29 is 31.8 Å². The fourth-order valence-corrected chi connectivity index (χ4v) is 2.86. The number of nitrogens with zero attached hydrogens (tertiary/aromatic N) is 1. The van der Waals surface area contributed by atoms with E-state index in [1.165, 1.54) is 24.1 Å². The molecule has 1 fully saturated rings. The molecule has 1 aromatic carbocycles. The van der Waals surface area contributed by atoms with Gasteiger partial charge in [-0.15, -0.1) is 0 Å². The molecule has 146 valence electrons. The summed E-state index contributed by atoms with van der Waals surface area (Å²) in [6, 6.07) is 3.71. The fourth-order valence-electron chi connectivity index (χ4n) is 2.86. The second kappa shape index (κ2) is 9.18. The van der Waals surface area contributed by atoms with Crippen LogP contribution in [0.4, 0.5) is 23.2 Å². The van der Waals surface area contributed by atoms with E-state index in [1.54, 1.807) is 0 Å². The van der Waals surface area contributed by atoms with Crippen LogP contribution in [0.3, 0.4) is 0 Å². The van der Waals surface area contributed by atoms with Gasteiger partial charge in [0.05, 0.1) is 24.8 Å². The van der Waals surface area contributed by atoms with E-state index in [0.29, 0.717) is 26.0 Å². The van der Waals surface area contributed by atoms with Crippen LogP contribution >= 0.6 is 0 Å². The molecule has 1 heterocycles. The van der Waals surface area contributed by atoms with Crippen molar-refractivity contribution in [2.24, 2.45) is 5.92 Å². The van der Waals surface area contributed by atoms with Gasteiger partial charge < -0.3 is 14.8 Å². The number of benzene rings is 1. The second-order valence-electron chi connectivity index (χ2n) is 6.16. The topological polar surface area (TPSA) is 50.8 Å². The molecule has 0 saturated carbocycles. The summed E-state index contributed by atoms with van der Waals surface area (Å²) in [6.45, 7) is -0.190. The minimum Gasteiger partial charge on any atom is -0.489 e. The Balaban J connectivity index is 2.01. The number of piperidine rings is 1. The van der Waals surface area contributed by atoms with Crippen molar-refractivity contribution in [3.05, 3.63) is 24.0 Å². The van der Waals surface area contributed by atoms with Crippen LogP contribution in [0.5, 0.6) is 5.75 Å². The van der Waals surface area contributed by atoms with Crippen molar-refractivity contribution in [3.8, 4) is 5.75 Å². The number of nitrogens with one attached hydrogen (secondary N) is 1. The molecular weight excluding hydrogens is 356 g/mol. The van der Waals surface area contributed by atoms with Gasteiger partial charge in [-0.3, -0.25) is 9.69 Å². The summed E-state index contributed by atoms with van der Waals surface area (Å²) in [4.78, 5) is 13.7. The van der Waals surface area contributed by atoms with Gasteiger partial charge in [-0.2, -0.15) is 13.2 Å². The Morgan fingerprint density at radius 1 is 1.35 bits per heavy atom. The van der Waals surface area contributed by atoms with Crippen LogP contribution in [0.1, 0.15) is 12.8 Å². The number of alkyl halides is 3. The molecule has 0 unspecified atom stereocenters. The molecule has 1 N–H and O–H groups in total. The number of carbonyl (C=O) groups is 1. The molecule has 1 saturated heterocycles. The number of hydrogen-bond donors (Lipinski definition) is 1. The van der Waals surface area contributed by atoms with Gasteiger partial charge in [-0.05, 0) is 31.5 Å². The zero-order chi connectivity index (χ0) is 19.2. The molecule has 1 aliphatic rings. The molecule has 0 aromatic heterocycles. The van der Waals surface area contributed by atoms with E-state index < -0.39 is 30.4 Å². The average molecular weight is 378 g/mol. The van der Waals surface area contributed by atoms with E-state index in [4.69, 9.17) is 9.47 Å². The van der Waals surface area contributed by atoms with Crippen LogP contribution < -0.4 is 10.1 Å². The molecule has 1 aromatic rings. The average Bonchev–Trinajstić information content (AvgIpc) is 2.55. The number of ether oxygens (including phenoxy) is 2. The lowest BCUT2D eigenvalue weighted by Gasteiger charge is -2.32. The van der Waals surface area contributed by atoms with Gasteiger partial charge in [0.1, 0.15) is 18.2 Å². The van der Waals surface area contributed by atoms with Gasteiger partial charge >= 0.3 is 6.18 Å². The molecule has 0 bridgehead atoms. The van der Waals surface area contributed by atoms with Crippen molar-refractivity contribution in [2.45, 2.75) is 19.0 Å². The summed E-state index contributed by atoms with van der Waals surface area (Å²) in [7, 11) is 1.51. The molecule has 1 atom stereocenters. The molecule has 5 nitrogen and oxygen atoms in total. The van der Waals surface area contributed by atoms with Gasteiger partial charge in [0.25, 0.3) is 0 Å². The Morgan fingerprint density at radius 2 is 2.12 bits per heavy atom. The van der Waals surface area contributed by atoms with Crippen molar-refractivity contribution in [2.75, 3.05) is 45.3 Å².